The fourth-order valence-corrected chi connectivity index (χ4v) is 10.9. The number of nitrogens with zero attached hydrogens (tertiary/aromatic N) is 2. The van der Waals surface area contributed by atoms with Crippen LogP contribution in [0.15, 0.2) is 146 Å². The first-order valence-corrected chi connectivity index (χ1v) is 18.5. The Hall–Kier alpha value is -5.33. The Morgan fingerprint density at radius 1 is 0.438 bits per heavy atom. The zero-order valence-corrected chi connectivity index (χ0v) is 27.9. The van der Waals surface area contributed by atoms with Gasteiger partial charge >= 0.3 is 0 Å². The van der Waals surface area contributed by atoms with E-state index in [1.54, 1.807) is 11.3 Å². The summed E-state index contributed by atoms with van der Waals surface area (Å²) in [6, 6.07) is 53.3. The Morgan fingerprint density at radius 3 is 1.73 bits per heavy atom. The summed E-state index contributed by atoms with van der Waals surface area (Å²) in [6.07, 6.45) is 0. The molecule has 0 radical (unpaired) electrons. The van der Waals surface area contributed by atoms with E-state index in [-0.39, 0.29) is 0 Å². The Labute approximate surface area is 288 Å². The number of hydrogen-bond acceptors (Lipinski definition) is 5. The van der Waals surface area contributed by atoms with E-state index in [1.807, 2.05) is 22.7 Å². The molecule has 10 aromatic rings. The van der Waals surface area contributed by atoms with Gasteiger partial charge in [0.2, 0.25) is 0 Å². The second kappa shape index (κ2) is 10.1. The second-order valence-electron chi connectivity index (χ2n) is 12.3. The highest BCUT2D eigenvalue weighted by Gasteiger charge is 2.29. The van der Waals surface area contributed by atoms with Crippen molar-refractivity contribution < 1.29 is 0 Å². The average molecular weight is 665 g/mol. The SMILES string of the molecule is c1ccc(-c2nc3c(s2)-c2cccc4c(N(c5ccc6c(c5)sc5ccccc56)c5ccc6c(c5)sc5ccccc56)ccc-3c24)cc1. The van der Waals surface area contributed by atoms with Crippen molar-refractivity contribution in [3.05, 3.63) is 146 Å². The van der Waals surface area contributed by atoms with Gasteiger partial charge in [-0.25, -0.2) is 4.98 Å². The van der Waals surface area contributed by atoms with E-state index >= 15 is 0 Å². The van der Waals surface area contributed by atoms with Gasteiger partial charge in [0.15, 0.2) is 0 Å². The van der Waals surface area contributed by atoms with Crippen LogP contribution in [0.25, 0.3) is 83.4 Å². The quantitative estimate of drug-likeness (QED) is 0.186. The number of thiazole rings is 1. The van der Waals surface area contributed by atoms with E-state index in [1.165, 1.54) is 78.4 Å². The molecule has 2 nitrogen and oxygen atoms in total. The van der Waals surface area contributed by atoms with Crippen molar-refractivity contribution in [2.24, 2.45) is 0 Å². The van der Waals surface area contributed by atoms with Gasteiger partial charge in [-0.05, 0) is 42.5 Å². The molecule has 7 aromatic carbocycles. The van der Waals surface area contributed by atoms with Crippen LogP contribution in [0.2, 0.25) is 0 Å². The van der Waals surface area contributed by atoms with Crippen LogP contribution in [0, 0.1) is 0 Å². The molecule has 0 atom stereocenters. The summed E-state index contributed by atoms with van der Waals surface area (Å²) >= 11 is 5.53. The number of thiophene rings is 2. The topological polar surface area (TPSA) is 16.1 Å². The lowest BCUT2D eigenvalue weighted by Gasteiger charge is -2.27. The molecular formula is C43H24N2S3. The van der Waals surface area contributed by atoms with E-state index in [2.05, 4.69) is 150 Å². The molecule has 3 aromatic heterocycles. The Balaban J connectivity index is 1.14. The maximum atomic E-state index is 5.21. The lowest BCUT2D eigenvalue weighted by molar-refractivity contribution is 1.31. The highest BCUT2D eigenvalue weighted by atomic mass is 32.1. The van der Waals surface area contributed by atoms with E-state index in [0.29, 0.717) is 0 Å². The van der Waals surface area contributed by atoms with Crippen molar-refractivity contribution in [3.8, 4) is 32.3 Å². The van der Waals surface area contributed by atoms with Crippen LogP contribution >= 0.6 is 34.0 Å². The Morgan fingerprint density at radius 2 is 1.04 bits per heavy atom. The standard InChI is InChI=1S/C43H24N2S3/c1-2-9-25(10-3-1)43-44-41-33-21-22-35(32-13-8-14-34(40(32)33)42(41)48-43)45(26-17-19-30-28-11-4-6-15-36(28)46-38(30)23-26)27-18-20-31-29-12-5-7-16-37(29)47-39(31)24-27/h1-24H. The van der Waals surface area contributed by atoms with E-state index < -0.39 is 0 Å². The lowest BCUT2D eigenvalue weighted by atomic mass is 10.0. The summed E-state index contributed by atoms with van der Waals surface area (Å²) in [4.78, 5) is 8.93. The summed E-state index contributed by atoms with van der Waals surface area (Å²) in [7, 11) is 0. The second-order valence-corrected chi connectivity index (χ2v) is 15.5. The largest absolute Gasteiger partial charge is 0.310 e. The van der Waals surface area contributed by atoms with Crippen molar-refractivity contribution in [1.82, 2.24) is 4.98 Å². The minimum Gasteiger partial charge on any atom is -0.310 e. The first-order chi connectivity index (χ1) is 23.8. The van der Waals surface area contributed by atoms with Crippen molar-refractivity contribution in [1.29, 1.82) is 0 Å². The predicted molar refractivity (Wildman–Crippen MR) is 210 cm³/mol. The van der Waals surface area contributed by atoms with E-state index in [4.69, 9.17) is 4.98 Å². The van der Waals surface area contributed by atoms with Crippen molar-refractivity contribution in [2.45, 2.75) is 0 Å². The summed E-state index contributed by atoms with van der Waals surface area (Å²) in [5, 5.41) is 8.86. The normalized spacial score (nSPS) is 12.2. The molecule has 48 heavy (non-hydrogen) atoms. The van der Waals surface area contributed by atoms with Gasteiger partial charge < -0.3 is 4.90 Å². The van der Waals surface area contributed by atoms with Gasteiger partial charge in [0.25, 0.3) is 0 Å². The highest BCUT2D eigenvalue weighted by molar-refractivity contribution is 7.26. The number of benzene rings is 7. The maximum Gasteiger partial charge on any atom is 0.124 e. The smallest absolute Gasteiger partial charge is 0.124 e. The summed E-state index contributed by atoms with van der Waals surface area (Å²) in [6.45, 7) is 0. The van der Waals surface area contributed by atoms with Crippen molar-refractivity contribution >= 4 is 102 Å². The highest BCUT2D eigenvalue weighted by Crippen LogP contribution is 2.54. The van der Waals surface area contributed by atoms with Crippen LogP contribution in [0.5, 0.6) is 0 Å². The van der Waals surface area contributed by atoms with Crippen LogP contribution in [0.1, 0.15) is 0 Å². The summed E-state index contributed by atoms with van der Waals surface area (Å²) in [5.41, 5.74) is 8.26. The number of aromatic nitrogens is 1. The Bertz CT molecular complexity index is 2770. The van der Waals surface area contributed by atoms with Crippen LogP contribution in [-0.4, -0.2) is 4.98 Å². The molecule has 0 saturated carbocycles. The Kier molecular flexibility index (Phi) is 5.61. The van der Waals surface area contributed by atoms with Crippen LogP contribution in [0.4, 0.5) is 17.1 Å². The molecule has 1 aliphatic rings. The molecule has 224 valence electrons. The fourth-order valence-electron chi connectivity index (χ4n) is 7.50. The zero-order valence-electron chi connectivity index (χ0n) is 25.5. The molecule has 0 amide bonds. The minimum absolute atomic E-state index is 1.07. The maximum absolute atomic E-state index is 5.21. The zero-order chi connectivity index (χ0) is 31.3. The molecule has 0 unspecified atom stereocenters. The number of anilines is 3. The molecule has 0 spiro atoms. The molecule has 11 rings (SSSR count). The molecule has 0 saturated heterocycles. The first kappa shape index (κ1) is 26.7. The molecular weight excluding hydrogens is 641 g/mol. The molecule has 0 fully saturated rings. The average Bonchev–Trinajstić information content (AvgIpc) is 3.90. The van der Waals surface area contributed by atoms with Gasteiger partial charge in [-0.1, -0.05) is 103 Å². The van der Waals surface area contributed by atoms with E-state index in [9.17, 15) is 0 Å². The van der Waals surface area contributed by atoms with Gasteiger partial charge in [0, 0.05) is 79.2 Å². The summed E-state index contributed by atoms with van der Waals surface area (Å²) < 4.78 is 5.24. The summed E-state index contributed by atoms with van der Waals surface area (Å²) in [5.74, 6) is 0. The molecule has 3 heterocycles. The van der Waals surface area contributed by atoms with Gasteiger partial charge in [-0.2, -0.15) is 0 Å². The van der Waals surface area contributed by atoms with Gasteiger partial charge in [0.1, 0.15) is 5.01 Å². The van der Waals surface area contributed by atoms with Gasteiger partial charge in [-0.15, -0.1) is 34.0 Å². The lowest BCUT2D eigenvalue weighted by Crippen LogP contribution is -2.10. The fraction of sp³-hybridized carbons (Fsp3) is 0. The van der Waals surface area contributed by atoms with Crippen molar-refractivity contribution in [2.75, 3.05) is 4.90 Å². The van der Waals surface area contributed by atoms with Gasteiger partial charge in [0.05, 0.1) is 16.3 Å². The predicted octanol–water partition coefficient (Wildman–Crippen LogP) is 13.8. The molecule has 0 aliphatic heterocycles. The molecule has 0 N–H and O–H groups in total. The van der Waals surface area contributed by atoms with Gasteiger partial charge in [-0.3, -0.25) is 0 Å². The monoisotopic (exact) mass is 664 g/mol. The molecule has 0 bridgehead atoms. The minimum atomic E-state index is 1.07. The van der Waals surface area contributed by atoms with Crippen LogP contribution < -0.4 is 4.90 Å². The van der Waals surface area contributed by atoms with E-state index in [0.717, 1.165) is 22.1 Å². The third-order valence-corrected chi connectivity index (χ3v) is 13.1. The first-order valence-electron chi connectivity index (χ1n) is 16.0. The molecule has 5 heteroatoms. The van der Waals surface area contributed by atoms with Crippen LogP contribution in [0.3, 0.4) is 0 Å². The number of hydrogen-bond donors (Lipinski definition) is 0. The molecule has 1 aliphatic carbocycles. The van der Waals surface area contributed by atoms with Crippen LogP contribution in [-0.2, 0) is 0 Å². The third-order valence-electron chi connectivity index (χ3n) is 9.65. The van der Waals surface area contributed by atoms with Crippen molar-refractivity contribution in [3.63, 3.8) is 0 Å². The third kappa shape index (κ3) is 3.81. The number of fused-ring (bicyclic) bond motifs is 9. The number of rotatable bonds is 4.